The van der Waals surface area contributed by atoms with Crippen molar-refractivity contribution in [2.24, 2.45) is 0 Å². The number of hydrogen-bond acceptors (Lipinski definition) is 3. The van der Waals surface area contributed by atoms with E-state index >= 15 is 0 Å². The molecule has 1 aromatic carbocycles. The molecule has 1 aromatic rings. The summed E-state index contributed by atoms with van der Waals surface area (Å²) in [4.78, 5) is 11.8. The van der Waals surface area contributed by atoms with Crippen molar-refractivity contribution in [1.82, 2.24) is 5.32 Å². The number of carbonyl (C=O) groups excluding carboxylic acids is 1. The first-order valence-corrected chi connectivity index (χ1v) is 8.11. The van der Waals surface area contributed by atoms with E-state index in [0.29, 0.717) is 24.3 Å². The van der Waals surface area contributed by atoms with E-state index in [0.717, 1.165) is 24.1 Å². The second-order valence-corrected chi connectivity index (χ2v) is 6.58. The number of nitrogen functional groups attached to an aromatic ring is 1. The first kappa shape index (κ1) is 14.1. The molecule has 2 rings (SSSR count). The average molecular weight is 280 g/mol. The fourth-order valence-corrected chi connectivity index (χ4v) is 3.55. The minimum atomic E-state index is -0.680. The van der Waals surface area contributed by atoms with Crippen molar-refractivity contribution in [1.29, 1.82) is 0 Å². The van der Waals surface area contributed by atoms with Gasteiger partial charge in [-0.25, -0.2) is 0 Å². The Morgan fingerprint density at radius 3 is 2.68 bits per heavy atom. The molecular weight excluding hydrogens is 260 g/mol. The molecule has 0 aliphatic carbocycles. The number of benzene rings is 1. The molecule has 0 bridgehead atoms. The lowest BCUT2D eigenvalue weighted by Crippen LogP contribution is -2.39. The van der Waals surface area contributed by atoms with Gasteiger partial charge >= 0.3 is 0 Å². The molecule has 19 heavy (non-hydrogen) atoms. The average Bonchev–Trinajstić information content (AvgIpc) is 2.40. The highest BCUT2D eigenvalue weighted by Gasteiger charge is 2.19. The second kappa shape index (κ2) is 6.70. The van der Waals surface area contributed by atoms with Crippen molar-refractivity contribution in [3.63, 3.8) is 0 Å². The molecule has 0 aromatic heterocycles. The summed E-state index contributed by atoms with van der Waals surface area (Å²) in [6.07, 6.45) is 2.77. The molecule has 1 aliphatic rings. The first-order chi connectivity index (χ1) is 9.15. The maximum absolute atomic E-state index is 11.8. The summed E-state index contributed by atoms with van der Waals surface area (Å²) in [6, 6.07) is 7.82. The van der Waals surface area contributed by atoms with Crippen LogP contribution in [0.5, 0.6) is 0 Å². The Balaban J connectivity index is 1.76. The standard InChI is InChI=1S/C14H20N2O2S/c15-13-4-2-1-3-11(13)5-6-14(17)16-12-7-9-19(18)10-8-12/h1-4,12H,5-10,15H2,(H,16,17). The Bertz CT molecular complexity index is 466. The van der Waals surface area contributed by atoms with Crippen LogP contribution in [-0.4, -0.2) is 27.7 Å². The summed E-state index contributed by atoms with van der Waals surface area (Å²) in [5, 5.41) is 3.01. The third kappa shape index (κ3) is 4.35. The molecule has 1 saturated heterocycles. The lowest BCUT2D eigenvalue weighted by Gasteiger charge is -2.22. The van der Waals surface area contributed by atoms with Crippen molar-refractivity contribution >= 4 is 22.4 Å². The Labute approximate surface area is 116 Å². The largest absolute Gasteiger partial charge is 0.399 e. The lowest BCUT2D eigenvalue weighted by molar-refractivity contribution is -0.121. The molecule has 1 aliphatic heterocycles. The molecule has 104 valence electrons. The van der Waals surface area contributed by atoms with Crippen LogP contribution < -0.4 is 11.1 Å². The smallest absolute Gasteiger partial charge is 0.220 e. The van der Waals surface area contributed by atoms with E-state index in [1.165, 1.54) is 0 Å². The minimum Gasteiger partial charge on any atom is -0.399 e. The molecule has 5 heteroatoms. The summed E-state index contributed by atoms with van der Waals surface area (Å²) in [6.45, 7) is 0. The van der Waals surface area contributed by atoms with Crippen molar-refractivity contribution in [3.05, 3.63) is 29.8 Å². The van der Waals surface area contributed by atoms with Gasteiger partial charge in [-0.15, -0.1) is 0 Å². The third-order valence-electron chi connectivity index (χ3n) is 3.43. The van der Waals surface area contributed by atoms with Gasteiger partial charge in [-0.05, 0) is 30.9 Å². The predicted molar refractivity (Wildman–Crippen MR) is 78.2 cm³/mol. The van der Waals surface area contributed by atoms with Crippen molar-refractivity contribution < 1.29 is 9.00 Å². The van der Waals surface area contributed by atoms with Crippen LogP contribution in [0, 0.1) is 0 Å². The van der Waals surface area contributed by atoms with E-state index in [4.69, 9.17) is 5.73 Å². The highest BCUT2D eigenvalue weighted by atomic mass is 32.2. The van der Waals surface area contributed by atoms with E-state index in [1.807, 2.05) is 24.3 Å². The molecule has 1 amide bonds. The Morgan fingerprint density at radius 2 is 2.00 bits per heavy atom. The number of amides is 1. The van der Waals surface area contributed by atoms with Crippen LogP contribution >= 0.6 is 0 Å². The molecule has 1 heterocycles. The van der Waals surface area contributed by atoms with Gasteiger partial charge in [0.05, 0.1) is 0 Å². The van der Waals surface area contributed by atoms with Gasteiger partial charge in [-0.2, -0.15) is 0 Å². The molecule has 0 unspecified atom stereocenters. The monoisotopic (exact) mass is 280 g/mol. The van der Waals surface area contributed by atoms with Crippen molar-refractivity contribution in [3.8, 4) is 0 Å². The molecule has 0 atom stereocenters. The highest BCUT2D eigenvalue weighted by Crippen LogP contribution is 2.13. The summed E-state index contributed by atoms with van der Waals surface area (Å²) < 4.78 is 11.2. The number of anilines is 1. The Kier molecular flexibility index (Phi) is 4.96. The van der Waals surface area contributed by atoms with Crippen molar-refractivity contribution in [2.45, 2.75) is 31.7 Å². The van der Waals surface area contributed by atoms with Crippen LogP contribution in [0.2, 0.25) is 0 Å². The SMILES string of the molecule is Nc1ccccc1CCC(=O)NC1CCS(=O)CC1. The zero-order valence-corrected chi connectivity index (χ0v) is 11.7. The maximum Gasteiger partial charge on any atom is 0.220 e. The molecule has 0 saturated carbocycles. The van der Waals surface area contributed by atoms with Gasteiger partial charge in [0.15, 0.2) is 0 Å². The zero-order chi connectivity index (χ0) is 13.7. The maximum atomic E-state index is 11.8. The molecule has 0 radical (unpaired) electrons. The van der Waals surface area contributed by atoms with Crippen LogP contribution in [-0.2, 0) is 22.0 Å². The van der Waals surface area contributed by atoms with Gasteiger partial charge in [0.25, 0.3) is 0 Å². The summed E-state index contributed by atoms with van der Waals surface area (Å²) in [7, 11) is -0.680. The number of carbonyl (C=O) groups is 1. The van der Waals surface area contributed by atoms with Crippen molar-refractivity contribution in [2.75, 3.05) is 17.2 Å². The number of nitrogens with one attached hydrogen (secondary N) is 1. The van der Waals surface area contributed by atoms with Crippen LogP contribution in [0.3, 0.4) is 0 Å². The quantitative estimate of drug-likeness (QED) is 0.815. The minimum absolute atomic E-state index is 0.0564. The lowest BCUT2D eigenvalue weighted by atomic mass is 10.1. The fourth-order valence-electron chi connectivity index (χ4n) is 2.25. The molecule has 4 nitrogen and oxygen atoms in total. The molecule has 1 fully saturated rings. The van der Waals surface area contributed by atoms with Gasteiger partial charge in [0, 0.05) is 40.5 Å². The van der Waals surface area contributed by atoms with Gasteiger partial charge in [0.1, 0.15) is 0 Å². The third-order valence-corrected chi connectivity index (χ3v) is 4.81. The normalized spacial score (nSPS) is 22.9. The topological polar surface area (TPSA) is 72.2 Å². The predicted octanol–water partition coefficient (Wildman–Crippen LogP) is 1.23. The van der Waals surface area contributed by atoms with E-state index in [9.17, 15) is 9.00 Å². The Morgan fingerprint density at radius 1 is 1.32 bits per heavy atom. The van der Waals surface area contributed by atoms with Gasteiger partial charge in [-0.1, -0.05) is 18.2 Å². The number of hydrogen-bond donors (Lipinski definition) is 2. The van der Waals surface area contributed by atoms with Crippen LogP contribution in [0.15, 0.2) is 24.3 Å². The van der Waals surface area contributed by atoms with E-state index in [2.05, 4.69) is 5.32 Å². The fraction of sp³-hybridized carbons (Fsp3) is 0.500. The zero-order valence-electron chi connectivity index (χ0n) is 10.9. The number of nitrogens with two attached hydrogens (primary N) is 1. The van der Waals surface area contributed by atoms with Gasteiger partial charge in [-0.3, -0.25) is 9.00 Å². The molecule has 0 spiro atoms. The first-order valence-electron chi connectivity index (χ1n) is 6.63. The van der Waals surface area contributed by atoms with Gasteiger partial charge < -0.3 is 11.1 Å². The van der Waals surface area contributed by atoms with Crippen LogP contribution in [0.4, 0.5) is 5.69 Å². The number of aryl methyl sites for hydroxylation is 1. The summed E-state index contributed by atoms with van der Waals surface area (Å²) in [5.74, 6) is 1.47. The number of para-hydroxylation sites is 1. The molecule has 3 N–H and O–H groups in total. The highest BCUT2D eigenvalue weighted by molar-refractivity contribution is 7.85. The molecular formula is C14H20N2O2S. The number of rotatable bonds is 4. The summed E-state index contributed by atoms with van der Waals surface area (Å²) in [5.41, 5.74) is 7.60. The van der Waals surface area contributed by atoms with E-state index < -0.39 is 10.8 Å². The van der Waals surface area contributed by atoms with E-state index in [-0.39, 0.29) is 11.9 Å². The van der Waals surface area contributed by atoms with Crippen LogP contribution in [0.25, 0.3) is 0 Å². The summed E-state index contributed by atoms with van der Waals surface area (Å²) >= 11 is 0. The van der Waals surface area contributed by atoms with Crippen LogP contribution in [0.1, 0.15) is 24.8 Å². The second-order valence-electron chi connectivity index (χ2n) is 4.89. The van der Waals surface area contributed by atoms with E-state index in [1.54, 1.807) is 0 Å². The Hall–Kier alpha value is -1.36. The van der Waals surface area contributed by atoms with Gasteiger partial charge in [0.2, 0.25) is 5.91 Å².